The molecule has 0 saturated heterocycles. The summed E-state index contributed by atoms with van der Waals surface area (Å²) < 4.78 is 68.1. The topological polar surface area (TPSA) is 98.9 Å². The Morgan fingerprint density at radius 2 is 1.68 bits per heavy atom. The van der Waals surface area contributed by atoms with Crippen molar-refractivity contribution in [1.82, 2.24) is 0 Å². The number of hydrogen-bond donors (Lipinski definition) is 1. The maximum absolute atomic E-state index is 14.9. The Hall–Kier alpha value is -3.21. The number of hydrogen-bond acceptors (Lipinski definition) is 5. The first kappa shape index (κ1) is 25.4. The molecule has 0 fully saturated rings. The van der Waals surface area contributed by atoms with Crippen molar-refractivity contribution >= 4 is 33.2 Å². The lowest BCUT2D eigenvalue weighted by Crippen LogP contribution is -2.64. The van der Waals surface area contributed by atoms with Crippen LogP contribution in [0.3, 0.4) is 0 Å². The highest BCUT2D eigenvalue weighted by molar-refractivity contribution is 7.92. The Kier molecular flexibility index (Phi) is 7.44. The number of carbonyl (C=O) groups excluding carboxylic acids is 1. The van der Waals surface area contributed by atoms with Crippen LogP contribution >= 0.6 is 11.6 Å². The Morgan fingerprint density at radius 1 is 1.06 bits per heavy atom. The van der Waals surface area contributed by atoms with Gasteiger partial charge in [0.1, 0.15) is 23.4 Å². The van der Waals surface area contributed by atoms with Gasteiger partial charge in [-0.1, -0.05) is 29.8 Å². The molecule has 0 aliphatic rings. The van der Waals surface area contributed by atoms with Crippen LogP contribution in [0.5, 0.6) is 5.75 Å². The van der Waals surface area contributed by atoms with Gasteiger partial charge in [-0.3, -0.25) is 9.10 Å². The number of benzene rings is 3. The molecule has 0 aliphatic carbocycles. The maximum Gasteiger partial charge on any atom is 0.312 e. The third-order valence-corrected chi connectivity index (χ3v) is 7.23. The van der Waals surface area contributed by atoms with E-state index < -0.39 is 45.1 Å². The van der Waals surface area contributed by atoms with Crippen LogP contribution in [0.1, 0.15) is 6.92 Å². The highest BCUT2D eigenvalue weighted by Crippen LogP contribution is 2.35. The zero-order chi connectivity index (χ0) is 25.1. The summed E-state index contributed by atoms with van der Waals surface area (Å²) >= 11 is 5.87. The van der Waals surface area contributed by atoms with Crippen LogP contribution in [-0.2, 0) is 19.6 Å². The van der Waals surface area contributed by atoms with Crippen molar-refractivity contribution in [3.05, 3.63) is 89.5 Å². The van der Waals surface area contributed by atoms with Crippen LogP contribution in [0.15, 0.2) is 77.7 Å². The fourth-order valence-corrected chi connectivity index (χ4v) is 5.18. The minimum Gasteiger partial charge on any atom is -0.451 e. The lowest BCUT2D eigenvalue weighted by atomic mass is 10.1. The lowest BCUT2D eigenvalue weighted by molar-refractivity contribution is -0.187. The van der Waals surface area contributed by atoms with Gasteiger partial charge in [-0.15, -0.1) is 0 Å². The molecule has 2 atom stereocenters. The number of primary amides is 1. The first-order valence-electron chi connectivity index (χ1n) is 9.87. The molecule has 0 radical (unpaired) electrons. The summed E-state index contributed by atoms with van der Waals surface area (Å²) in [4.78, 5) is 12.4. The highest BCUT2D eigenvalue weighted by atomic mass is 35.5. The van der Waals surface area contributed by atoms with Gasteiger partial charge < -0.3 is 15.2 Å². The SMILES string of the molecule is COC(Oc1ccccc1)(C(N)=O)C(C)N(c1cc(F)ccc1F)S(=O)(=O)c1ccc(Cl)cc1. The quantitative estimate of drug-likeness (QED) is 0.437. The number of anilines is 1. The molecule has 34 heavy (non-hydrogen) atoms. The van der Waals surface area contributed by atoms with Crippen molar-refractivity contribution in [3.8, 4) is 5.75 Å². The predicted molar refractivity (Wildman–Crippen MR) is 123 cm³/mol. The fraction of sp³-hybridized carbons (Fsp3) is 0.174. The van der Waals surface area contributed by atoms with Gasteiger partial charge in [-0.05, 0) is 55.5 Å². The predicted octanol–water partition coefficient (Wildman–Crippen LogP) is 4.11. The third-order valence-electron chi connectivity index (χ3n) is 5.08. The van der Waals surface area contributed by atoms with Crippen molar-refractivity contribution in [1.29, 1.82) is 0 Å². The number of halogens is 3. The molecule has 11 heteroatoms. The number of para-hydroxylation sites is 1. The third kappa shape index (κ3) is 4.84. The summed E-state index contributed by atoms with van der Waals surface area (Å²) in [7, 11) is -3.55. The molecule has 3 rings (SSSR count). The van der Waals surface area contributed by atoms with E-state index in [0.29, 0.717) is 10.4 Å². The average Bonchev–Trinajstić information content (AvgIpc) is 2.80. The smallest absolute Gasteiger partial charge is 0.312 e. The molecule has 1 amide bonds. The van der Waals surface area contributed by atoms with Gasteiger partial charge in [-0.2, -0.15) is 0 Å². The summed E-state index contributed by atoms with van der Waals surface area (Å²) in [5.41, 5.74) is 4.94. The molecule has 2 N–H and O–H groups in total. The van der Waals surface area contributed by atoms with E-state index in [2.05, 4.69) is 0 Å². The van der Waals surface area contributed by atoms with Crippen molar-refractivity contribution in [2.75, 3.05) is 11.4 Å². The van der Waals surface area contributed by atoms with E-state index >= 15 is 0 Å². The molecule has 7 nitrogen and oxygen atoms in total. The van der Waals surface area contributed by atoms with E-state index in [0.717, 1.165) is 19.2 Å². The van der Waals surface area contributed by atoms with Gasteiger partial charge in [0.05, 0.1) is 10.6 Å². The first-order chi connectivity index (χ1) is 16.0. The average molecular weight is 511 g/mol. The van der Waals surface area contributed by atoms with E-state index in [4.69, 9.17) is 26.8 Å². The highest BCUT2D eigenvalue weighted by Gasteiger charge is 2.52. The minimum absolute atomic E-state index is 0.124. The van der Waals surface area contributed by atoms with Crippen LogP contribution in [-0.4, -0.2) is 33.3 Å². The number of sulfonamides is 1. The summed E-state index contributed by atoms with van der Waals surface area (Å²) in [5, 5.41) is 0.256. The first-order valence-corrected chi connectivity index (χ1v) is 11.7. The minimum atomic E-state index is -4.63. The summed E-state index contributed by atoms with van der Waals surface area (Å²) in [6, 6.07) is 13.5. The van der Waals surface area contributed by atoms with E-state index in [1.165, 1.54) is 43.3 Å². The molecular weight excluding hydrogens is 490 g/mol. The van der Waals surface area contributed by atoms with E-state index in [1.807, 2.05) is 0 Å². The van der Waals surface area contributed by atoms with E-state index in [-0.39, 0.29) is 15.7 Å². The number of nitrogens with zero attached hydrogens (tertiary/aromatic N) is 1. The molecule has 0 saturated carbocycles. The van der Waals surface area contributed by atoms with Crippen LogP contribution in [0.2, 0.25) is 5.02 Å². The number of rotatable bonds is 9. The Morgan fingerprint density at radius 3 is 2.24 bits per heavy atom. The van der Waals surface area contributed by atoms with Crippen molar-refractivity contribution in [3.63, 3.8) is 0 Å². The largest absolute Gasteiger partial charge is 0.451 e. The molecule has 3 aromatic rings. The Bertz CT molecular complexity index is 1280. The number of nitrogens with two attached hydrogens (primary N) is 1. The standard InChI is InChI=1S/C23H21ClF2N2O5S/c1-15(23(32-2,22(27)29)33-18-6-4-3-5-7-18)28(21-14-17(25)10-13-20(21)26)34(30,31)19-11-8-16(24)9-12-19/h3-15H,1-2H3,(H2,27,29). The number of amides is 1. The van der Waals surface area contributed by atoms with E-state index in [9.17, 15) is 22.0 Å². The maximum atomic E-state index is 14.9. The zero-order valence-corrected chi connectivity index (χ0v) is 19.7. The molecule has 3 aromatic carbocycles. The molecule has 2 unspecified atom stereocenters. The van der Waals surface area contributed by atoms with Crippen LogP contribution in [0, 0.1) is 11.6 Å². The number of methoxy groups -OCH3 is 1. The molecule has 0 heterocycles. The molecule has 180 valence electrons. The van der Waals surface area contributed by atoms with Gasteiger partial charge in [0, 0.05) is 18.2 Å². The molecule has 0 bridgehead atoms. The summed E-state index contributed by atoms with van der Waals surface area (Å²) in [6.45, 7) is 1.23. The monoisotopic (exact) mass is 510 g/mol. The zero-order valence-electron chi connectivity index (χ0n) is 18.1. The Labute approximate surface area is 200 Å². The lowest BCUT2D eigenvalue weighted by Gasteiger charge is -2.41. The van der Waals surface area contributed by atoms with Gasteiger partial charge in [0.25, 0.3) is 15.9 Å². The second-order valence-electron chi connectivity index (χ2n) is 7.18. The van der Waals surface area contributed by atoms with Gasteiger partial charge in [-0.25, -0.2) is 17.2 Å². The van der Waals surface area contributed by atoms with Crippen molar-refractivity contribution in [2.24, 2.45) is 5.73 Å². The Balaban J connectivity index is 2.26. The fourth-order valence-electron chi connectivity index (χ4n) is 3.39. The van der Waals surface area contributed by atoms with E-state index in [1.54, 1.807) is 18.2 Å². The van der Waals surface area contributed by atoms with Crippen molar-refractivity contribution < 1.29 is 31.5 Å². The van der Waals surface area contributed by atoms with Gasteiger partial charge in [0.2, 0.25) is 0 Å². The van der Waals surface area contributed by atoms with Crippen LogP contribution < -0.4 is 14.8 Å². The number of ether oxygens (including phenoxy) is 2. The molecule has 0 aliphatic heterocycles. The van der Waals surface area contributed by atoms with Gasteiger partial charge >= 0.3 is 5.79 Å². The molecule has 0 aromatic heterocycles. The second kappa shape index (κ2) is 9.96. The van der Waals surface area contributed by atoms with Gasteiger partial charge in [0.15, 0.2) is 0 Å². The summed E-state index contributed by atoms with van der Waals surface area (Å²) in [6.07, 6.45) is 0. The summed E-state index contributed by atoms with van der Waals surface area (Å²) in [5.74, 6) is -5.48. The second-order valence-corrected chi connectivity index (χ2v) is 9.43. The molecular formula is C23H21ClF2N2O5S. The molecule has 0 spiro atoms. The van der Waals surface area contributed by atoms with Crippen LogP contribution in [0.4, 0.5) is 14.5 Å². The van der Waals surface area contributed by atoms with Crippen molar-refractivity contribution in [2.45, 2.75) is 23.6 Å². The normalized spacial score (nSPS) is 14.1. The number of carbonyl (C=O) groups is 1. The van der Waals surface area contributed by atoms with Crippen LogP contribution in [0.25, 0.3) is 0 Å².